The van der Waals surface area contributed by atoms with E-state index in [-0.39, 0.29) is 13.2 Å². The number of carboxylic acids is 1. The zero-order chi connectivity index (χ0) is 21.9. The van der Waals surface area contributed by atoms with Gasteiger partial charge in [0.2, 0.25) is 0 Å². The Labute approximate surface area is 175 Å². The van der Waals surface area contributed by atoms with Crippen LogP contribution in [-0.4, -0.2) is 63.0 Å². The van der Waals surface area contributed by atoms with E-state index in [1.807, 2.05) is 29.2 Å². The van der Waals surface area contributed by atoms with E-state index in [0.29, 0.717) is 36.8 Å². The van der Waals surface area contributed by atoms with Crippen LogP contribution in [0.15, 0.2) is 42.5 Å². The van der Waals surface area contributed by atoms with E-state index in [9.17, 15) is 14.7 Å². The van der Waals surface area contributed by atoms with Gasteiger partial charge in [-0.15, -0.1) is 0 Å². The maximum absolute atomic E-state index is 11.3. The van der Waals surface area contributed by atoms with Crippen LogP contribution < -0.4 is 14.2 Å². The Bertz CT molecular complexity index is 836. The van der Waals surface area contributed by atoms with Gasteiger partial charge in [0.25, 0.3) is 0 Å². The highest BCUT2D eigenvalue weighted by Gasteiger charge is 2.13. The standard InChI is InChI=1S/C22H27NO7/c1-27-19-9-6-17(12-20(19)28-2)13-23(14-21(24)25)11-10-16-4-7-18(8-5-16)30-15-22(26)29-3/h4-9,12H,10-11,13-15H2,1-3H3,(H,24,25). The minimum atomic E-state index is -0.887. The Morgan fingerprint density at radius 3 is 2.20 bits per heavy atom. The van der Waals surface area contributed by atoms with Crippen molar-refractivity contribution in [3.05, 3.63) is 53.6 Å². The van der Waals surface area contributed by atoms with Crippen LogP contribution in [0.1, 0.15) is 11.1 Å². The van der Waals surface area contributed by atoms with E-state index < -0.39 is 11.9 Å². The number of hydrogen-bond acceptors (Lipinski definition) is 7. The second kappa shape index (κ2) is 11.7. The van der Waals surface area contributed by atoms with Crippen molar-refractivity contribution < 1.29 is 33.6 Å². The first-order valence-electron chi connectivity index (χ1n) is 9.38. The second-order valence-corrected chi connectivity index (χ2v) is 6.55. The van der Waals surface area contributed by atoms with E-state index in [2.05, 4.69) is 4.74 Å². The summed E-state index contributed by atoms with van der Waals surface area (Å²) in [5.41, 5.74) is 1.96. The molecular weight excluding hydrogens is 390 g/mol. The Morgan fingerprint density at radius 1 is 0.933 bits per heavy atom. The summed E-state index contributed by atoms with van der Waals surface area (Å²) in [5, 5.41) is 9.26. The average molecular weight is 417 g/mol. The van der Waals surface area contributed by atoms with E-state index in [1.165, 1.54) is 7.11 Å². The third-order valence-corrected chi connectivity index (χ3v) is 4.44. The number of esters is 1. The summed E-state index contributed by atoms with van der Waals surface area (Å²) in [6.45, 7) is 0.804. The fourth-order valence-electron chi connectivity index (χ4n) is 2.88. The Kier molecular flexibility index (Phi) is 8.96. The first kappa shape index (κ1) is 23.0. The van der Waals surface area contributed by atoms with Crippen molar-refractivity contribution in [3.8, 4) is 17.2 Å². The molecule has 2 aromatic rings. The quantitative estimate of drug-likeness (QED) is 0.526. The molecule has 2 rings (SSSR count). The molecule has 0 bridgehead atoms. The molecule has 0 amide bonds. The van der Waals surface area contributed by atoms with Crippen molar-refractivity contribution >= 4 is 11.9 Å². The number of hydrogen-bond donors (Lipinski definition) is 1. The van der Waals surface area contributed by atoms with Gasteiger partial charge < -0.3 is 24.1 Å². The van der Waals surface area contributed by atoms with Gasteiger partial charge in [-0.3, -0.25) is 9.69 Å². The van der Waals surface area contributed by atoms with Gasteiger partial charge in [0.1, 0.15) is 5.75 Å². The summed E-state index contributed by atoms with van der Waals surface area (Å²) in [7, 11) is 4.44. The Morgan fingerprint density at radius 2 is 1.60 bits per heavy atom. The minimum absolute atomic E-state index is 0.0747. The molecule has 162 valence electrons. The minimum Gasteiger partial charge on any atom is -0.493 e. The van der Waals surface area contributed by atoms with Gasteiger partial charge in [0, 0.05) is 13.1 Å². The molecule has 1 N–H and O–H groups in total. The van der Waals surface area contributed by atoms with Crippen LogP contribution in [0.25, 0.3) is 0 Å². The predicted molar refractivity (Wildman–Crippen MR) is 110 cm³/mol. The molecular formula is C22H27NO7. The average Bonchev–Trinajstić information content (AvgIpc) is 2.75. The van der Waals surface area contributed by atoms with Gasteiger partial charge in [-0.25, -0.2) is 4.79 Å². The summed E-state index contributed by atoms with van der Waals surface area (Å²) >= 11 is 0. The van der Waals surface area contributed by atoms with Gasteiger partial charge in [0.15, 0.2) is 18.1 Å². The number of carbonyl (C=O) groups is 2. The Hall–Kier alpha value is -3.26. The molecule has 30 heavy (non-hydrogen) atoms. The number of carboxylic acid groups (broad SMARTS) is 1. The molecule has 2 aromatic carbocycles. The molecule has 0 unspecified atom stereocenters. The topological polar surface area (TPSA) is 94.5 Å². The lowest BCUT2D eigenvalue weighted by molar-refractivity contribution is -0.143. The molecule has 0 heterocycles. The highest BCUT2D eigenvalue weighted by Crippen LogP contribution is 2.28. The summed E-state index contributed by atoms with van der Waals surface area (Å²) in [4.78, 5) is 24.3. The van der Waals surface area contributed by atoms with E-state index in [0.717, 1.165) is 11.1 Å². The third-order valence-electron chi connectivity index (χ3n) is 4.44. The maximum Gasteiger partial charge on any atom is 0.343 e. The van der Waals surface area contributed by atoms with E-state index in [1.54, 1.807) is 32.4 Å². The maximum atomic E-state index is 11.3. The van der Waals surface area contributed by atoms with Crippen molar-refractivity contribution in [1.29, 1.82) is 0 Å². The first-order valence-corrected chi connectivity index (χ1v) is 9.38. The molecule has 0 fully saturated rings. The fourth-order valence-corrected chi connectivity index (χ4v) is 2.88. The van der Waals surface area contributed by atoms with Crippen LogP contribution in [-0.2, 0) is 27.3 Å². The Balaban J connectivity index is 1.98. The highest BCUT2D eigenvalue weighted by atomic mass is 16.6. The predicted octanol–water partition coefficient (Wildman–Crippen LogP) is 2.38. The summed E-state index contributed by atoms with van der Waals surface area (Å²) in [6, 6.07) is 12.9. The third kappa shape index (κ3) is 7.29. The summed E-state index contributed by atoms with van der Waals surface area (Å²) in [5.74, 6) is 0.464. The van der Waals surface area contributed by atoms with Crippen LogP contribution in [0.5, 0.6) is 17.2 Å². The van der Waals surface area contributed by atoms with Crippen molar-refractivity contribution in [2.24, 2.45) is 0 Å². The van der Waals surface area contributed by atoms with Gasteiger partial charge in [0.05, 0.1) is 27.9 Å². The monoisotopic (exact) mass is 417 g/mol. The molecule has 0 saturated heterocycles. The highest BCUT2D eigenvalue weighted by molar-refractivity contribution is 5.70. The van der Waals surface area contributed by atoms with Crippen LogP contribution >= 0.6 is 0 Å². The normalized spacial score (nSPS) is 10.5. The number of rotatable bonds is 12. The first-order chi connectivity index (χ1) is 14.4. The SMILES string of the molecule is COC(=O)COc1ccc(CCN(CC(=O)O)Cc2ccc(OC)c(OC)c2)cc1. The fraction of sp³-hybridized carbons (Fsp3) is 0.364. The van der Waals surface area contributed by atoms with Crippen LogP contribution in [0.4, 0.5) is 0 Å². The molecule has 0 aliphatic carbocycles. The van der Waals surface area contributed by atoms with E-state index in [4.69, 9.17) is 14.2 Å². The lowest BCUT2D eigenvalue weighted by Crippen LogP contribution is -2.31. The smallest absolute Gasteiger partial charge is 0.343 e. The van der Waals surface area contributed by atoms with E-state index >= 15 is 0 Å². The van der Waals surface area contributed by atoms with Crippen LogP contribution in [0.2, 0.25) is 0 Å². The van der Waals surface area contributed by atoms with Gasteiger partial charge in [-0.1, -0.05) is 18.2 Å². The molecule has 0 aliphatic heterocycles. The molecule has 8 nitrogen and oxygen atoms in total. The van der Waals surface area contributed by atoms with Crippen molar-refractivity contribution in [3.63, 3.8) is 0 Å². The molecule has 8 heteroatoms. The zero-order valence-corrected chi connectivity index (χ0v) is 17.4. The largest absolute Gasteiger partial charge is 0.493 e. The zero-order valence-electron chi connectivity index (χ0n) is 17.4. The number of methoxy groups -OCH3 is 3. The van der Waals surface area contributed by atoms with Crippen LogP contribution in [0.3, 0.4) is 0 Å². The molecule has 0 radical (unpaired) electrons. The summed E-state index contributed by atoms with van der Waals surface area (Å²) < 4.78 is 20.4. The van der Waals surface area contributed by atoms with Crippen molar-refractivity contribution in [1.82, 2.24) is 4.90 Å². The number of nitrogens with zero attached hydrogens (tertiary/aromatic N) is 1. The summed E-state index contributed by atoms with van der Waals surface area (Å²) in [6.07, 6.45) is 0.665. The van der Waals surface area contributed by atoms with Gasteiger partial charge in [-0.2, -0.15) is 0 Å². The lowest BCUT2D eigenvalue weighted by atomic mass is 10.1. The second-order valence-electron chi connectivity index (χ2n) is 6.55. The molecule has 0 spiro atoms. The molecule has 0 saturated carbocycles. The molecule has 0 aromatic heterocycles. The molecule has 0 atom stereocenters. The lowest BCUT2D eigenvalue weighted by Gasteiger charge is -2.21. The van der Waals surface area contributed by atoms with Gasteiger partial charge >= 0.3 is 11.9 Å². The van der Waals surface area contributed by atoms with Crippen molar-refractivity contribution in [2.75, 3.05) is 41.0 Å². The van der Waals surface area contributed by atoms with Gasteiger partial charge in [-0.05, 0) is 41.8 Å². The van der Waals surface area contributed by atoms with Crippen LogP contribution in [0, 0.1) is 0 Å². The number of benzene rings is 2. The number of carbonyl (C=O) groups excluding carboxylic acids is 1. The van der Waals surface area contributed by atoms with Crippen molar-refractivity contribution in [2.45, 2.75) is 13.0 Å². The number of ether oxygens (including phenoxy) is 4. The molecule has 0 aliphatic rings. The number of aliphatic carboxylic acids is 1.